The molecule has 0 N–H and O–H groups in total. The Labute approximate surface area is 164 Å². The fourth-order valence-corrected chi connectivity index (χ4v) is 2.96. The maximum Gasteiger partial charge on any atom is 0.277 e. The van der Waals surface area contributed by atoms with Crippen molar-refractivity contribution in [3.63, 3.8) is 0 Å². The fraction of sp³-hybridized carbons (Fsp3) is 0.167. The van der Waals surface area contributed by atoms with Crippen molar-refractivity contribution in [1.29, 1.82) is 0 Å². The number of non-ortho nitro benzene ring substituents is 1. The van der Waals surface area contributed by atoms with E-state index < -0.39 is 4.92 Å². The monoisotopic (exact) mass is 400 g/mol. The minimum Gasteiger partial charge on any atom is -0.497 e. The van der Waals surface area contributed by atoms with E-state index in [1.807, 2.05) is 0 Å². The number of carbonyl (C=O) groups excluding carboxylic acids is 1. The van der Waals surface area contributed by atoms with Crippen molar-refractivity contribution in [1.82, 2.24) is 10.2 Å². The topological polar surface area (TPSA) is 112 Å². The molecule has 0 unspecified atom stereocenters. The van der Waals surface area contributed by atoms with E-state index in [0.717, 1.165) is 23.1 Å². The van der Waals surface area contributed by atoms with E-state index in [2.05, 4.69) is 10.2 Å². The third-order valence-electron chi connectivity index (χ3n) is 3.88. The maximum absolute atomic E-state index is 12.4. The highest BCUT2D eigenvalue weighted by Gasteiger charge is 2.16. The molecule has 1 amide bonds. The number of methoxy groups -OCH3 is 1. The number of nitro groups is 1. The number of anilines is 1. The number of ether oxygens (including phenoxy) is 1. The molecular formula is C18H16N4O5S. The van der Waals surface area contributed by atoms with Gasteiger partial charge in [-0.25, -0.2) is 0 Å². The van der Waals surface area contributed by atoms with Gasteiger partial charge in [0.25, 0.3) is 10.9 Å². The summed E-state index contributed by atoms with van der Waals surface area (Å²) in [5.74, 6) is 0.944. The summed E-state index contributed by atoms with van der Waals surface area (Å²) in [6, 6.07) is 12.9. The summed E-state index contributed by atoms with van der Waals surface area (Å²) in [7, 11) is 3.18. The zero-order chi connectivity index (χ0) is 20.1. The van der Waals surface area contributed by atoms with Gasteiger partial charge in [0.15, 0.2) is 0 Å². The van der Waals surface area contributed by atoms with Crippen LogP contribution in [0.15, 0.2) is 58.2 Å². The van der Waals surface area contributed by atoms with E-state index in [1.54, 1.807) is 38.4 Å². The second-order valence-corrected chi connectivity index (χ2v) is 6.54. The lowest BCUT2D eigenvalue weighted by Crippen LogP contribution is -2.27. The van der Waals surface area contributed by atoms with Crippen molar-refractivity contribution in [3.8, 4) is 17.2 Å². The van der Waals surface area contributed by atoms with E-state index in [-0.39, 0.29) is 22.6 Å². The van der Waals surface area contributed by atoms with Crippen LogP contribution in [-0.2, 0) is 4.79 Å². The summed E-state index contributed by atoms with van der Waals surface area (Å²) in [5.41, 5.74) is 1.27. The van der Waals surface area contributed by atoms with Crippen LogP contribution in [0.5, 0.6) is 5.75 Å². The van der Waals surface area contributed by atoms with Gasteiger partial charge >= 0.3 is 0 Å². The van der Waals surface area contributed by atoms with Gasteiger partial charge in [-0.3, -0.25) is 14.9 Å². The molecule has 0 aliphatic carbocycles. The molecule has 0 bridgehead atoms. The lowest BCUT2D eigenvalue weighted by atomic mass is 10.2. The molecule has 9 nitrogen and oxygen atoms in total. The average molecular weight is 400 g/mol. The van der Waals surface area contributed by atoms with E-state index >= 15 is 0 Å². The van der Waals surface area contributed by atoms with Gasteiger partial charge in [0, 0.05) is 30.4 Å². The Kier molecular flexibility index (Phi) is 5.90. The van der Waals surface area contributed by atoms with Gasteiger partial charge in [-0.05, 0) is 36.4 Å². The summed E-state index contributed by atoms with van der Waals surface area (Å²) in [6.07, 6.45) is 0. The molecule has 0 aliphatic rings. The van der Waals surface area contributed by atoms with Gasteiger partial charge in [0.1, 0.15) is 5.75 Å². The lowest BCUT2D eigenvalue weighted by molar-refractivity contribution is -0.384. The molecule has 0 radical (unpaired) electrons. The number of hydrogen-bond acceptors (Lipinski definition) is 8. The number of nitro benzene ring substituents is 1. The van der Waals surface area contributed by atoms with E-state index in [0.29, 0.717) is 11.6 Å². The average Bonchev–Trinajstić information content (AvgIpc) is 3.20. The van der Waals surface area contributed by atoms with Crippen LogP contribution in [0.25, 0.3) is 11.5 Å². The second kappa shape index (κ2) is 8.53. The van der Waals surface area contributed by atoms with E-state index in [1.165, 1.54) is 29.2 Å². The number of nitrogens with zero attached hydrogens (tertiary/aromatic N) is 4. The quantitative estimate of drug-likeness (QED) is 0.337. The van der Waals surface area contributed by atoms with Crippen LogP contribution >= 0.6 is 11.8 Å². The molecule has 0 saturated heterocycles. The van der Waals surface area contributed by atoms with Crippen molar-refractivity contribution in [2.75, 3.05) is 24.8 Å². The van der Waals surface area contributed by atoms with Crippen LogP contribution in [0, 0.1) is 10.1 Å². The number of amides is 1. The van der Waals surface area contributed by atoms with Crippen molar-refractivity contribution in [3.05, 3.63) is 58.6 Å². The Morgan fingerprint density at radius 3 is 2.46 bits per heavy atom. The highest BCUT2D eigenvalue weighted by Crippen LogP contribution is 2.25. The first kappa shape index (κ1) is 19.4. The molecule has 10 heteroatoms. The van der Waals surface area contributed by atoms with Crippen LogP contribution in [-0.4, -0.2) is 40.9 Å². The van der Waals surface area contributed by atoms with Gasteiger partial charge in [0.2, 0.25) is 11.8 Å². The lowest BCUT2D eigenvalue weighted by Gasteiger charge is -2.16. The van der Waals surface area contributed by atoms with Crippen molar-refractivity contribution < 1.29 is 18.9 Å². The Bertz CT molecular complexity index is 972. The first-order chi connectivity index (χ1) is 13.5. The third kappa shape index (κ3) is 4.46. The van der Waals surface area contributed by atoms with Crippen LogP contribution in [0.2, 0.25) is 0 Å². The van der Waals surface area contributed by atoms with Gasteiger partial charge in [-0.1, -0.05) is 11.8 Å². The second-order valence-electron chi connectivity index (χ2n) is 5.62. The predicted molar refractivity (Wildman–Crippen MR) is 104 cm³/mol. The molecule has 144 valence electrons. The van der Waals surface area contributed by atoms with Crippen LogP contribution < -0.4 is 9.64 Å². The zero-order valence-electron chi connectivity index (χ0n) is 15.1. The molecule has 2 aromatic carbocycles. The minimum absolute atomic E-state index is 0.0316. The Morgan fingerprint density at radius 1 is 1.18 bits per heavy atom. The minimum atomic E-state index is -0.489. The van der Waals surface area contributed by atoms with Crippen molar-refractivity contribution in [2.45, 2.75) is 5.22 Å². The first-order valence-corrected chi connectivity index (χ1v) is 9.08. The smallest absolute Gasteiger partial charge is 0.277 e. The van der Waals surface area contributed by atoms with Gasteiger partial charge in [-0.15, -0.1) is 10.2 Å². The normalized spacial score (nSPS) is 10.5. The predicted octanol–water partition coefficient (Wildman–Crippen LogP) is 3.41. The van der Waals surface area contributed by atoms with Crippen molar-refractivity contribution in [2.24, 2.45) is 0 Å². The summed E-state index contributed by atoms with van der Waals surface area (Å²) in [5, 5.41) is 18.9. The molecule has 0 aliphatic heterocycles. The molecule has 3 rings (SSSR count). The summed E-state index contributed by atoms with van der Waals surface area (Å²) >= 11 is 1.12. The SMILES string of the molecule is COc1ccc(-c2nnc(SCC(=O)N(C)c3ccc([N+](=O)[O-])cc3)o2)cc1. The number of thioether (sulfide) groups is 1. The third-order valence-corrected chi connectivity index (χ3v) is 4.69. The number of carbonyl (C=O) groups is 1. The van der Waals surface area contributed by atoms with Crippen LogP contribution in [0.3, 0.4) is 0 Å². The number of rotatable bonds is 7. The molecule has 1 heterocycles. The van der Waals surface area contributed by atoms with E-state index in [4.69, 9.17) is 9.15 Å². The molecule has 1 aromatic heterocycles. The standard InChI is InChI=1S/C18H16N4O5S/c1-21(13-5-7-14(8-6-13)22(24)25)16(23)11-28-18-20-19-17(27-18)12-3-9-15(26-2)10-4-12/h3-10H,11H2,1-2H3. The van der Waals surface area contributed by atoms with Crippen molar-refractivity contribution >= 4 is 29.0 Å². The van der Waals surface area contributed by atoms with Gasteiger partial charge in [-0.2, -0.15) is 0 Å². The molecule has 0 saturated carbocycles. The highest BCUT2D eigenvalue weighted by molar-refractivity contribution is 7.99. The molecule has 28 heavy (non-hydrogen) atoms. The molecule has 0 spiro atoms. The first-order valence-electron chi connectivity index (χ1n) is 8.09. The Hall–Kier alpha value is -3.40. The molecule has 0 atom stereocenters. The van der Waals surface area contributed by atoms with E-state index in [9.17, 15) is 14.9 Å². The number of aromatic nitrogens is 2. The van der Waals surface area contributed by atoms with Crippen LogP contribution in [0.4, 0.5) is 11.4 Å². The largest absolute Gasteiger partial charge is 0.497 e. The Morgan fingerprint density at radius 2 is 1.86 bits per heavy atom. The van der Waals surface area contributed by atoms with Gasteiger partial charge < -0.3 is 14.1 Å². The molecule has 3 aromatic rings. The van der Waals surface area contributed by atoms with Crippen LogP contribution in [0.1, 0.15) is 0 Å². The summed E-state index contributed by atoms with van der Waals surface area (Å²) in [4.78, 5) is 24.0. The number of benzene rings is 2. The molecular weight excluding hydrogens is 384 g/mol. The fourth-order valence-electron chi connectivity index (χ4n) is 2.28. The highest BCUT2D eigenvalue weighted by atomic mass is 32.2. The Balaban J connectivity index is 1.59. The summed E-state index contributed by atoms with van der Waals surface area (Å²) < 4.78 is 10.7. The molecule has 0 fully saturated rings. The van der Waals surface area contributed by atoms with Gasteiger partial charge in [0.05, 0.1) is 17.8 Å². The number of hydrogen-bond donors (Lipinski definition) is 0. The zero-order valence-corrected chi connectivity index (χ0v) is 15.9. The maximum atomic E-state index is 12.4. The summed E-state index contributed by atoms with van der Waals surface area (Å²) in [6.45, 7) is 0.